The van der Waals surface area contributed by atoms with E-state index in [-0.39, 0.29) is 10.4 Å². The average Bonchev–Trinajstić information content (AvgIpc) is 2.41. The largest absolute Gasteiger partial charge is 0.296 e. The second-order valence-corrected chi connectivity index (χ2v) is 4.18. The Hall–Kier alpha value is -1.47. The molecule has 0 saturated heterocycles. The Kier molecular flexibility index (Phi) is 1.79. The van der Waals surface area contributed by atoms with E-state index in [1.54, 1.807) is 13.1 Å². The highest BCUT2D eigenvalue weighted by Gasteiger charge is 2.16. The number of benzene rings is 1. The van der Waals surface area contributed by atoms with Crippen LogP contribution in [0.3, 0.4) is 0 Å². The third-order valence-electron chi connectivity index (χ3n) is 1.75. The van der Waals surface area contributed by atoms with Gasteiger partial charge in [-0.2, -0.15) is 23.4 Å². The van der Waals surface area contributed by atoms with Gasteiger partial charge in [-0.3, -0.25) is 4.55 Å². The Balaban J connectivity index is 2.90. The highest BCUT2D eigenvalue weighted by atomic mass is 32.2. The number of aromatic nitrogens is 3. The minimum atomic E-state index is -4.23. The molecule has 1 aromatic carbocycles. The Bertz CT molecular complexity index is 587. The summed E-state index contributed by atoms with van der Waals surface area (Å²) in [7, 11) is -2.65. The molecule has 0 spiro atoms. The molecule has 2 rings (SSSR count). The van der Waals surface area contributed by atoms with Crippen molar-refractivity contribution in [1.29, 1.82) is 0 Å². The van der Waals surface area contributed by atoms with Crippen molar-refractivity contribution >= 4 is 21.2 Å². The molecule has 2 aromatic rings. The predicted molar refractivity (Wildman–Crippen MR) is 48.3 cm³/mol. The van der Waals surface area contributed by atoms with Crippen LogP contribution in [0.25, 0.3) is 11.0 Å². The van der Waals surface area contributed by atoms with E-state index < -0.39 is 10.1 Å². The fourth-order valence-corrected chi connectivity index (χ4v) is 1.86. The van der Waals surface area contributed by atoms with E-state index in [4.69, 9.17) is 4.55 Å². The zero-order valence-electron chi connectivity index (χ0n) is 7.25. The Morgan fingerprint density at radius 1 is 1.36 bits per heavy atom. The summed E-state index contributed by atoms with van der Waals surface area (Å²) in [6.45, 7) is 0. The third-order valence-corrected chi connectivity index (χ3v) is 2.64. The van der Waals surface area contributed by atoms with Crippen LogP contribution in [-0.4, -0.2) is 28.0 Å². The second-order valence-electron chi connectivity index (χ2n) is 2.79. The van der Waals surface area contributed by atoms with Gasteiger partial charge in [-0.15, -0.1) is 0 Å². The normalized spacial score (nSPS) is 12.1. The van der Waals surface area contributed by atoms with E-state index in [1.165, 1.54) is 16.9 Å². The van der Waals surface area contributed by atoms with Crippen LogP contribution in [0, 0.1) is 0 Å². The van der Waals surface area contributed by atoms with E-state index in [0.717, 1.165) is 0 Å². The molecule has 7 heteroatoms. The first-order chi connectivity index (χ1) is 6.48. The molecule has 0 radical (unpaired) electrons. The molecular weight excluding hydrogens is 206 g/mol. The molecule has 6 nitrogen and oxygen atoms in total. The summed E-state index contributed by atoms with van der Waals surface area (Å²) in [5.41, 5.74) is 0.611. The summed E-state index contributed by atoms with van der Waals surface area (Å²) in [6, 6.07) is 4.41. The van der Waals surface area contributed by atoms with Crippen LogP contribution in [-0.2, 0) is 17.2 Å². The monoisotopic (exact) mass is 213 g/mol. The molecule has 0 atom stereocenters. The van der Waals surface area contributed by atoms with Gasteiger partial charge in [0.05, 0.1) is 0 Å². The van der Waals surface area contributed by atoms with Crippen molar-refractivity contribution in [2.45, 2.75) is 4.90 Å². The van der Waals surface area contributed by atoms with Gasteiger partial charge < -0.3 is 0 Å². The lowest BCUT2D eigenvalue weighted by atomic mass is 10.3. The number of rotatable bonds is 1. The third kappa shape index (κ3) is 1.36. The highest BCUT2D eigenvalue weighted by molar-refractivity contribution is 7.86. The van der Waals surface area contributed by atoms with Crippen molar-refractivity contribution in [1.82, 2.24) is 15.0 Å². The molecule has 1 aromatic heterocycles. The molecular formula is C7H7N3O3S. The van der Waals surface area contributed by atoms with Crippen molar-refractivity contribution in [2.75, 3.05) is 0 Å². The van der Waals surface area contributed by atoms with Crippen molar-refractivity contribution in [3.8, 4) is 0 Å². The van der Waals surface area contributed by atoms with Crippen molar-refractivity contribution in [3.63, 3.8) is 0 Å². The number of nitrogens with zero attached hydrogens (tertiary/aromatic N) is 3. The van der Waals surface area contributed by atoms with Gasteiger partial charge in [0.1, 0.15) is 15.9 Å². The Morgan fingerprint density at radius 3 is 2.71 bits per heavy atom. The first-order valence-electron chi connectivity index (χ1n) is 3.76. The lowest BCUT2D eigenvalue weighted by Crippen LogP contribution is -1.99. The topological polar surface area (TPSA) is 85.1 Å². The van der Waals surface area contributed by atoms with Gasteiger partial charge in [-0.05, 0) is 12.1 Å². The molecule has 0 aliphatic carbocycles. The molecule has 14 heavy (non-hydrogen) atoms. The maximum Gasteiger partial charge on any atom is 0.296 e. The summed E-state index contributed by atoms with van der Waals surface area (Å²) in [5, 5.41) is 7.76. The van der Waals surface area contributed by atoms with Crippen molar-refractivity contribution < 1.29 is 13.0 Å². The van der Waals surface area contributed by atoms with Gasteiger partial charge in [-0.1, -0.05) is 6.07 Å². The molecule has 0 unspecified atom stereocenters. The van der Waals surface area contributed by atoms with Crippen LogP contribution in [0.4, 0.5) is 0 Å². The van der Waals surface area contributed by atoms with E-state index >= 15 is 0 Å². The lowest BCUT2D eigenvalue weighted by Gasteiger charge is -1.95. The molecule has 0 fully saturated rings. The fraction of sp³-hybridized carbons (Fsp3) is 0.143. The van der Waals surface area contributed by atoms with E-state index in [9.17, 15) is 8.42 Å². The zero-order valence-corrected chi connectivity index (χ0v) is 8.06. The number of fused-ring (bicyclic) bond motifs is 1. The van der Waals surface area contributed by atoms with Gasteiger partial charge in [0.15, 0.2) is 0 Å². The van der Waals surface area contributed by atoms with Crippen LogP contribution in [0.2, 0.25) is 0 Å². The minimum Gasteiger partial charge on any atom is -0.282 e. The summed E-state index contributed by atoms with van der Waals surface area (Å²) < 4.78 is 30.8. The fourth-order valence-electron chi connectivity index (χ4n) is 1.22. The van der Waals surface area contributed by atoms with E-state index in [0.29, 0.717) is 5.52 Å². The highest BCUT2D eigenvalue weighted by Crippen LogP contribution is 2.18. The van der Waals surface area contributed by atoms with Crippen LogP contribution < -0.4 is 0 Å². The van der Waals surface area contributed by atoms with E-state index in [2.05, 4.69) is 10.2 Å². The lowest BCUT2D eigenvalue weighted by molar-refractivity contribution is 0.484. The number of hydrogen-bond acceptors (Lipinski definition) is 4. The van der Waals surface area contributed by atoms with E-state index in [1.807, 2.05) is 0 Å². The standard InChI is InChI=1S/C7H7N3O3S/c1-10-8-5-3-2-4-6(7(5)9-10)14(11,12)13/h2-4H,1H3,(H,11,12,13). The smallest absolute Gasteiger partial charge is 0.282 e. The second kappa shape index (κ2) is 2.76. The Labute approximate surface area is 79.9 Å². The predicted octanol–water partition coefficient (Wildman–Crippen LogP) is 0.215. The summed E-state index contributed by atoms with van der Waals surface area (Å²) in [5.74, 6) is 0. The van der Waals surface area contributed by atoms with Gasteiger partial charge in [0.25, 0.3) is 10.1 Å². The average molecular weight is 213 g/mol. The van der Waals surface area contributed by atoms with Gasteiger partial charge in [-0.25, -0.2) is 0 Å². The molecule has 0 aliphatic rings. The summed E-state index contributed by atoms with van der Waals surface area (Å²) in [4.78, 5) is 1.03. The zero-order chi connectivity index (χ0) is 10.3. The minimum absolute atomic E-state index is 0.178. The molecule has 74 valence electrons. The first kappa shape index (κ1) is 9.10. The number of aryl methyl sites for hydroxylation is 1. The van der Waals surface area contributed by atoms with Crippen LogP contribution in [0.1, 0.15) is 0 Å². The summed E-state index contributed by atoms with van der Waals surface area (Å²) in [6.07, 6.45) is 0. The maximum atomic E-state index is 10.9. The molecule has 0 bridgehead atoms. The first-order valence-corrected chi connectivity index (χ1v) is 5.20. The molecule has 0 aliphatic heterocycles. The van der Waals surface area contributed by atoms with Crippen molar-refractivity contribution in [2.24, 2.45) is 7.05 Å². The van der Waals surface area contributed by atoms with Crippen LogP contribution in [0.5, 0.6) is 0 Å². The molecule has 0 saturated carbocycles. The molecule has 0 amide bonds. The van der Waals surface area contributed by atoms with Crippen LogP contribution in [0.15, 0.2) is 23.1 Å². The maximum absolute atomic E-state index is 10.9. The van der Waals surface area contributed by atoms with Gasteiger partial charge >= 0.3 is 0 Å². The van der Waals surface area contributed by atoms with Gasteiger partial charge in [0, 0.05) is 7.05 Å². The summed E-state index contributed by atoms with van der Waals surface area (Å²) >= 11 is 0. The van der Waals surface area contributed by atoms with Crippen molar-refractivity contribution in [3.05, 3.63) is 18.2 Å². The SMILES string of the molecule is Cn1nc2cccc(S(=O)(=O)O)c2n1. The molecule has 1 heterocycles. The molecule has 1 N–H and O–H groups in total. The Morgan fingerprint density at radius 2 is 2.07 bits per heavy atom. The quantitative estimate of drug-likeness (QED) is 0.684. The number of hydrogen-bond donors (Lipinski definition) is 1. The van der Waals surface area contributed by atoms with Gasteiger partial charge in [0.2, 0.25) is 0 Å². The van der Waals surface area contributed by atoms with Crippen LogP contribution >= 0.6 is 0 Å².